The Morgan fingerprint density at radius 3 is 1.17 bits per heavy atom. The molecule has 0 aliphatic heterocycles. The van der Waals surface area contributed by atoms with Crippen molar-refractivity contribution in [2.75, 3.05) is 6.61 Å². The lowest BCUT2D eigenvalue weighted by Crippen LogP contribution is -2.48. The Kier molecular flexibility index (Phi) is 41.6. The van der Waals surface area contributed by atoms with Gasteiger partial charge in [-0.05, 0) is 32.1 Å². The predicted molar refractivity (Wildman–Crippen MR) is 227 cm³/mol. The van der Waals surface area contributed by atoms with E-state index in [0.29, 0.717) is 6.42 Å². The third-order valence-electron chi connectivity index (χ3n) is 10.8. The Bertz CT molecular complexity index is 768. The van der Waals surface area contributed by atoms with Crippen molar-refractivity contribution >= 4 is 5.91 Å². The first-order valence-corrected chi connectivity index (χ1v) is 23.2. The zero-order valence-corrected chi connectivity index (χ0v) is 35.0. The van der Waals surface area contributed by atoms with Crippen LogP contribution in [-0.2, 0) is 4.79 Å². The summed E-state index contributed by atoms with van der Waals surface area (Å²) in [7, 11) is 0. The molecular weight excluding hydrogens is 643 g/mol. The van der Waals surface area contributed by atoms with Gasteiger partial charge in [0, 0.05) is 0 Å². The van der Waals surface area contributed by atoms with Gasteiger partial charge in [-0.2, -0.15) is 0 Å². The molecule has 0 aliphatic carbocycles. The van der Waals surface area contributed by atoms with Gasteiger partial charge >= 0.3 is 0 Å². The number of rotatable bonds is 42. The van der Waals surface area contributed by atoms with E-state index in [1.165, 1.54) is 186 Å². The number of carbonyl (C=O) groups excluding carboxylic acids is 1. The van der Waals surface area contributed by atoms with Gasteiger partial charge in [-0.25, -0.2) is 0 Å². The molecule has 0 rings (SSSR count). The zero-order chi connectivity index (χ0) is 38.0. The highest BCUT2D eigenvalue weighted by atomic mass is 16.3. The molecule has 1 amide bonds. The molecule has 0 saturated carbocycles. The standard InChI is InChI=1S/C47H91NO4/c1-3-5-7-9-11-13-15-17-19-21-22-23-24-26-27-29-31-33-35-37-39-41-45(50)44(43-49)48-47(52)46(51)42-40-38-36-34-32-30-28-25-20-18-16-14-12-10-8-6-4-2/h31,33,39,41,44-46,49-51H,3-30,32,34-38,40,42-43H2,1-2H3,(H,48,52)/b33-31+,41-39+. The van der Waals surface area contributed by atoms with Crippen LogP contribution in [-0.4, -0.2) is 46.1 Å². The average molecular weight is 734 g/mol. The van der Waals surface area contributed by atoms with E-state index in [2.05, 4.69) is 31.3 Å². The van der Waals surface area contributed by atoms with Crippen molar-refractivity contribution in [3.05, 3.63) is 24.3 Å². The molecule has 0 bridgehead atoms. The summed E-state index contributed by atoms with van der Waals surface area (Å²) < 4.78 is 0. The van der Waals surface area contributed by atoms with Gasteiger partial charge in [-0.15, -0.1) is 0 Å². The highest BCUT2D eigenvalue weighted by Gasteiger charge is 2.22. The highest BCUT2D eigenvalue weighted by molar-refractivity contribution is 5.80. The number of unbranched alkanes of at least 4 members (excludes halogenated alkanes) is 32. The highest BCUT2D eigenvalue weighted by Crippen LogP contribution is 2.16. The second-order valence-electron chi connectivity index (χ2n) is 16.0. The number of amides is 1. The summed E-state index contributed by atoms with van der Waals surface area (Å²) in [5.74, 6) is -0.510. The summed E-state index contributed by atoms with van der Waals surface area (Å²) in [6.45, 7) is 4.19. The van der Waals surface area contributed by atoms with Gasteiger partial charge in [-0.1, -0.05) is 237 Å². The van der Waals surface area contributed by atoms with Gasteiger partial charge in [-0.3, -0.25) is 4.79 Å². The maximum absolute atomic E-state index is 12.5. The molecule has 4 N–H and O–H groups in total. The Balaban J connectivity index is 3.67. The van der Waals surface area contributed by atoms with Gasteiger partial charge in [0.25, 0.3) is 0 Å². The van der Waals surface area contributed by atoms with Crippen LogP contribution in [0.4, 0.5) is 0 Å². The van der Waals surface area contributed by atoms with Crippen LogP contribution in [0.2, 0.25) is 0 Å². The SMILES string of the molecule is CCCCCCCCCCCCCCCCC/C=C/CC/C=C/C(O)C(CO)NC(=O)C(O)CCCCCCCCCCCCCCCCCCC. The zero-order valence-electron chi connectivity index (χ0n) is 35.0. The fraction of sp³-hybridized carbons (Fsp3) is 0.894. The average Bonchev–Trinajstić information content (AvgIpc) is 3.15. The van der Waals surface area contributed by atoms with E-state index in [0.717, 1.165) is 38.5 Å². The topological polar surface area (TPSA) is 89.8 Å². The molecule has 0 aromatic carbocycles. The minimum atomic E-state index is -1.10. The number of aliphatic hydroxyl groups is 3. The van der Waals surface area contributed by atoms with Crippen LogP contribution in [0, 0.1) is 0 Å². The van der Waals surface area contributed by atoms with Crippen molar-refractivity contribution in [3.63, 3.8) is 0 Å². The third-order valence-corrected chi connectivity index (χ3v) is 10.8. The number of hydrogen-bond acceptors (Lipinski definition) is 4. The summed E-state index contributed by atoms with van der Waals surface area (Å²) in [5.41, 5.74) is 0. The van der Waals surface area contributed by atoms with Gasteiger partial charge in [0.15, 0.2) is 0 Å². The smallest absolute Gasteiger partial charge is 0.249 e. The predicted octanol–water partition coefficient (Wildman–Crippen LogP) is 13.4. The molecule has 0 spiro atoms. The summed E-state index contributed by atoms with van der Waals surface area (Å²) in [6, 6.07) is -0.811. The van der Waals surface area contributed by atoms with E-state index < -0.39 is 24.2 Å². The summed E-state index contributed by atoms with van der Waals surface area (Å²) >= 11 is 0. The molecule has 0 saturated heterocycles. The maximum Gasteiger partial charge on any atom is 0.249 e. The van der Waals surface area contributed by atoms with Gasteiger partial charge in [0.05, 0.1) is 18.8 Å². The van der Waals surface area contributed by atoms with E-state index in [1.54, 1.807) is 6.08 Å². The molecule has 3 unspecified atom stereocenters. The van der Waals surface area contributed by atoms with Crippen molar-refractivity contribution in [1.29, 1.82) is 0 Å². The second-order valence-corrected chi connectivity index (χ2v) is 16.0. The Hall–Kier alpha value is -1.17. The molecule has 0 aromatic rings. The number of carbonyl (C=O) groups is 1. The van der Waals surface area contributed by atoms with Crippen molar-refractivity contribution in [2.45, 2.75) is 263 Å². The van der Waals surface area contributed by atoms with Crippen LogP contribution < -0.4 is 5.32 Å². The van der Waals surface area contributed by atoms with Crippen molar-refractivity contribution in [2.24, 2.45) is 0 Å². The van der Waals surface area contributed by atoms with Gasteiger partial charge < -0.3 is 20.6 Å². The number of nitrogens with one attached hydrogen (secondary N) is 1. The lowest BCUT2D eigenvalue weighted by atomic mass is 10.0. The molecule has 0 aromatic heterocycles. The fourth-order valence-corrected chi connectivity index (χ4v) is 7.14. The molecule has 0 fully saturated rings. The lowest BCUT2D eigenvalue weighted by molar-refractivity contribution is -0.131. The Morgan fingerprint density at radius 2 is 0.788 bits per heavy atom. The monoisotopic (exact) mass is 734 g/mol. The summed E-state index contributed by atoms with van der Waals surface area (Å²) in [4.78, 5) is 12.5. The normalized spacial score (nSPS) is 13.7. The maximum atomic E-state index is 12.5. The van der Waals surface area contributed by atoms with E-state index in [-0.39, 0.29) is 6.61 Å². The lowest BCUT2D eigenvalue weighted by Gasteiger charge is -2.21. The molecule has 52 heavy (non-hydrogen) atoms. The fourth-order valence-electron chi connectivity index (χ4n) is 7.14. The molecule has 308 valence electrons. The molecule has 0 aliphatic rings. The quantitative estimate of drug-likeness (QED) is 0.0371. The van der Waals surface area contributed by atoms with Crippen LogP contribution in [0.5, 0.6) is 0 Å². The Labute approximate surface area is 324 Å². The van der Waals surface area contributed by atoms with Gasteiger partial charge in [0.1, 0.15) is 6.10 Å². The van der Waals surface area contributed by atoms with Crippen LogP contribution in [0.3, 0.4) is 0 Å². The van der Waals surface area contributed by atoms with Crippen LogP contribution >= 0.6 is 0 Å². The van der Waals surface area contributed by atoms with Crippen LogP contribution in [0.15, 0.2) is 24.3 Å². The minimum absolute atomic E-state index is 0.373. The van der Waals surface area contributed by atoms with E-state index in [4.69, 9.17) is 0 Å². The largest absolute Gasteiger partial charge is 0.394 e. The number of aliphatic hydroxyl groups excluding tert-OH is 3. The molecule has 0 heterocycles. The van der Waals surface area contributed by atoms with Crippen LogP contribution in [0.25, 0.3) is 0 Å². The summed E-state index contributed by atoms with van der Waals surface area (Å²) in [6.07, 6.45) is 52.2. The molecule has 0 radical (unpaired) electrons. The molecule has 5 heteroatoms. The van der Waals surface area contributed by atoms with E-state index in [9.17, 15) is 20.1 Å². The number of hydrogen-bond donors (Lipinski definition) is 4. The molecule has 3 atom stereocenters. The Morgan fingerprint density at radius 1 is 0.462 bits per heavy atom. The van der Waals surface area contributed by atoms with Crippen molar-refractivity contribution in [3.8, 4) is 0 Å². The van der Waals surface area contributed by atoms with Crippen LogP contribution in [0.1, 0.15) is 245 Å². The molecular formula is C47H91NO4. The first-order chi connectivity index (χ1) is 25.6. The minimum Gasteiger partial charge on any atom is -0.394 e. The van der Waals surface area contributed by atoms with Crippen molar-refractivity contribution < 1.29 is 20.1 Å². The van der Waals surface area contributed by atoms with E-state index in [1.807, 2.05) is 6.08 Å². The number of allylic oxidation sites excluding steroid dienone is 3. The molecule has 5 nitrogen and oxygen atoms in total. The summed E-state index contributed by atoms with van der Waals surface area (Å²) in [5, 5.41) is 33.2. The van der Waals surface area contributed by atoms with Crippen molar-refractivity contribution in [1.82, 2.24) is 5.32 Å². The second kappa shape index (κ2) is 42.6. The third kappa shape index (κ3) is 37.2. The van der Waals surface area contributed by atoms with E-state index >= 15 is 0 Å². The van der Waals surface area contributed by atoms with Gasteiger partial charge in [0.2, 0.25) is 5.91 Å². The first kappa shape index (κ1) is 50.8. The first-order valence-electron chi connectivity index (χ1n) is 23.2.